The maximum absolute atomic E-state index is 12.6. The summed E-state index contributed by atoms with van der Waals surface area (Å²) in [7, 11) is -1.73. The first-order valence-corrected chi connectivity index (χ1v) is 13.4. The fourth-order valence-corrected chi connectivity index (χ4v) is 5.17. The van der Waals surface area contributed by atoms with E-state index in [0.717, 1.165) is 25.7 Å². The van der Waals surface area contributed by atoms with Gasteiger partial charge in [0.1, 0.15) is 5.60 Å². The van der Waals surface area contributed by atoms with Crippen LogP contribution in [-0.2, 0) is 9.16 Å². The fraction of sp³-hybridized carbons (Fsp3) is 0.952. The molecule has 1 amide bonds. The minimum absolute atomic E-state index is 0.102. The Balaban J connectivity index is 1.87. The summed E-state index contributed by atoms with van der Waals surface area (Å²) in [5, 5.41) is 11.4. The quantitative estimate of drug-likeness (QED) is 0.517. The lowest BCUT2D eigenvalue weighted by atomic mass is 9.83. The number of fused-ring (bicyclic) bond motifs is 2. The van der Waals surface area contributed by atoms with Crippen LogP contribution in [0.25, 0.3) is 0 Å². The highest BCUT2D eigenvalue weighted by atomic mass is 28.4. The van der Waals surface area contributed by atoms with E-state index in [2.05, 4.69) is 33.9 Å². The number of ether oxygens (including phenoxy) is 1. The normalized spacial score (nSPS) is 29.1. The van der Waals surface area contributed by atoms with Crippen molar-refractivity contribution in [3.63, 3.8) is 0 Å². The van der Waals surface area contributed by atoms with Gasteiger partial charge < -0.3 is 19.2 Å². The number of carbonyl (C=O) groups excluding carboxylic acids is 1. The first kappa shape index (κ1) is 22.7. The van der Waals surface area contributed by atoms with E-state index in [0.29, 0.717) is 19.4 Å². The van der Waals surface area contributed by atoms with Crippen LogP contribution in [-0.4, -0.2) is 54.3 Å². The molecule has 158 valence electrons. The second kappa shape index (κ2) is 7.67. The van der Waals surface area contributed by atoms with Crippen molar-refractivity contribution in [1.29, 1.82) is 0 Å². The summed E-state index contributed by atoms with van der Waals surface area (Å²) in [6.45, 7) is 17.7. The van der Waals surface area contributed by atoms with Gasteiger partial charge in [0.15, 0.2) is 8.32 Å². The van der Waals surface area contributed by atoms with Crippen LogP contribution in [0.2, 0.25) is 18.1 Å². The minimum Gasteiger partial charge on any atom is -0.444 e. The van der Waals surface area contributed by atoms with Gasteiger partial charge >= 0.3 is 6.09 Å². The molecule has 0 radical (unpaired) electrons. The van der Waals surface area contributed by atoms with Crippen LogP contribution >= 0.6 is 0 Å². The number of nitrogens with zero attached hydrogens (tertiary/aromatic N) is 1. The second-order valence-electron chi connectivity index (χ2n) is 11.1. The Labute approximate surface area is 166 Å². The van der Waals surface area contributed by atoms with E-state index in [9.17, 15) is 9.90 Å². The van der Waals surface area contributed by atoms with Crippen LogP contribution in [0.1, 0.15) is 80.1 Å². The molecule has 2 unspecified atom stereocenters. The van der Waals surface area contributed by atoms with Crippen molar-refractivity contribution in [2.75, 3.05) is 6.61 Å². The summed E-state index contributed by atoms with van der Waals surface area (Å²) in [6.07, 6.45) is 4.63. The topological polar surface area (TPSA) is 59.0 Å². The highest BCUT2D eigenvalue weighted by Crippen LogP contribution is 2.43. The fourth-order valence-electron chi connectivity index (χ4n) is 4.08. The lowest BCUT2D eigenvalue weighted by Crippen LogP contribution is -2.54. The summed E-state index contributed by atoms with van der Waals surface area (Å²) in [5.74, 6) is 0. The number of carbonyl (C=O) groups is 1. The average Bonchev–Trinajstić information content (AvgIpc) is 2.74. The standard InChI is InChI=1S/C21H41NO4Si/c1-19(2,3)26-18(23)22-16-10-11-17(22)15-21(24,14-16)12-9-13-25-27(7,8)20(4,5)6/h16-17,24H,9-15H2,1-8H3. The van der Waals surface area contributed by atoms with E-state index in [1.54, 1.807) is 0 Å². The third kappa shape index (κ3) is 5.70. The van der Waals surface area contributed by atoms with Crippen LogP contribution < -0.4 is 0 Å². The Morgan fingerprint density at radius 1 is 1.11 bits per heavy atom. The zero-order chi connectivity index (χ0) is 20.7. The van der Waals surface area contributed by atoms with E-state index >= 15 is 0 Å². The van der Waals surface area contributed by atoms with Crippen LogP contribution in [0.15, 0.2) is 0 Å². The van der Waals surface area contributed by atoms with Crippen LogP contribution in [0, 0.1) is 0 Å². The summed E-state index contributed by atoms with van der Waals surface area (Å²) in [5.41, 5.74) is -1.16. The smallest absolute Gasteiger partial charge is 0.410 e. The van der Waals surface area contributed by atoms with Crippen LogP contribution in [0.4, 0.5) is 4.79 Å². The van der Waals surface area contributed by atoms with Gasteiger partial charge in [-0.3, -0.25) is 0 Å². The monoisotopic (exact) mass is 399 g/mol. The van der Waals surface area contributed by atoms with E-state index in [1.165, 1.54) is 0 Å². The molecule has 2 atom stereocenters. The summed E-state index contributed by atoms with van der Waals surface area (Å²) >= 11 is 0. The Morgan fingerprint density at radius 2 is 1.63 bits per heavy atom. The Kier molecular flexibility index (Phi) is 6.45. The van der Waals surface area contributed by atoms with Gasteiger partial charge in [0.2, 0.25) is 0 Å². The maximum Gasteiger partial charge on any atom is 0.410 e. The van der Waals surface area contributed by atoms with Gasteiger partial charge in [0, 0.05) is 18.7 Å². The van der Waals surface area contributed by atoms with Crippen molar-refractivity contribution >= 4 is 14.4 Å². The molecule has 2 heterocycles. The Hall–Kier alpha value is -0.593. The molecular weight excluding hydrogens is 358 g/mol. The molecule has 5 nitrogen and oxygen atoms in total. The molecule has 0 aromatic rings. The summed E-state index contributed by atoms with van der Waals surface area (Å²) < 4.78 is 11.8. The van der Waals surface area contributed by atoms with Crippen molar-refractivity contribution in [1.82, 2.24) is 4.90 Å². The number of hydrogen-bond acceptors (Lipinski definition) is 4. The van der Waals surface area contributed by atoms with Gasteiger partial charge in [-0.25, -0.2) is 4.79 Å². The second-order valence-corrected chi connectivity index (χ2v) is 15.9. The number of piperidine rings is 1. The van der Waals surface area contributed by atoms with Gasteiger partial charge in [-0.2, -0.15) is 0 Å². The van der Waals surface area contributed by atoms with E-state index in [1.807, 2.05) is 25.7 Å². The number of amides is 1. The van der Waals surface area contributed by atoms with Crippen molar-refractivity contribution in [2.24, 2.45) is 0 Å². The Morgan fingerprint density at radius 3 is 2.07 bits per heavy atom. The van der Waals surface area contributed by atoms with Gasteiger partial charge in [0.25, 0.3) is 0 Å². The maximum atomic E-state index is 12.6. The molecule has 0 aromatic carbocycles. The highest BCUT2D eigenvalue weighted by molar-refractivity contribution is 6.74. The molecule has 27 heavy (non-hydrogen) atoms. The molecule has 6 heteroatoms. The molecule has 2 aliphatic heterocycles. The van der Waals surface area contributed by atoms with E-state index in [4.69, 9.17) is 9.16 Å². The third-order valence-corrected chi connectivity index (χ3v) is 11.0. The zero-order valence-electron chi connectivity index (χ0n) is 18.7. The van der Waals surface area contributed by atoms with Crippen molar-refractivity contribution < 1.29 is 19.1 Å². The first-order chi connectivity index (χ1) is 12.1. The summed E-state index contributed by atoms with van der Waals surface area (Å²) in [6, 6.07) is 0.204. The van der Waals surface area contributed by atoms with Crippen LogP contribution in [0.5, 0.6) is 0 Å². The number of hydrogen-bond donors (Lipinski definition) is 1. The van der Waals surface area contributed by atoms with Crippen molar-refractivity contribution in [2.45, 2.75) is 121 Å². The third-order valence-electron chi connectivity index (χ3n) is 6.51. The lowest BCUT2D eigenvalue weighted by Gasteiger charge is -2.44. The molecule has 0 saturated carbocycles. The largest absolute Gasteiger partial charge is 0.444 e. The van der Waals surface area contributed by atoms with E-state index in [-0.39, 0.29) is 23.2 Å². The molecular formula is C21H41NO4Si. The summed E-state index contributed by atoms with van der Waals surface area (Å²) in [4.78, 5) is 14.5. The predicted octanol–water partition coefficient (Wildman–Crippen LogP) is 5.08. The Bertz CT molecular complexity index is 521. The molecule has 0 aliphatic carbocycles. The molecule has 0 spiro atoms. The molecule has 2 bridgehead atoms. The molecule has 2 fully saturated rings. The number of rotatable bonds is 5. The molecule has 2 saturated heterocycles. The lowest BCUT2D eigenvalue weighted by molar-refractivity contribution is -0.0646. The van der Waals surface area contributed by atoms with Gasteiger partial charge in [-0.15, -0.1) is 0 Å². The van der Waals surface area contributed by atoms with Gasteiger partial charge in [-0.05, 0) is 77.4 Å². The molecule has 2 rings (SSSR count). The van der Waals surface area contributed by atoms with E-state index < -0.39 is 19.5 Å². The first-order valence-electron chi connectivity index (χ1n) is 10.5. The van der Waals surface area contributed by atoms with Crippen molar-refractivity contribution in [3.8, 4) is 0 Å². The van der Waals surface area contributed by atoms with Gasteiger partial charge in [-0.1, -0.05) is 20.8 Å². The van der Waals surface area contributed by atoms with Crippen molar-refractivity contribution in [3.05, 3.63) is 0 Å². The average molecular weight is 400 g/mol. The predicted molar refractivity (Wildman–Crippen MR) is 111 cm³/mol. The molecule has 0 aromatic heterocycles. The minimum atomic E-state index is -1.73. The van der Waals surface area contributed by atoms with Crippen LogP contribution in [0.3, 0.4) is 0 Å². The zero-order valence-corrected chi connectivity index (χ0v) is 19.7. The molecule has 2 aliphatic rings. The number of aliphatic hydroxyl groups is 1. The molecule has 1 N–H and O–H groups in total. The highest BCUT2D eigenvalue weighted by Gasteiger charge is 2.50. The van der Waals surface area contributed by atoms with Gasteiger partial charge in [0.05, 0.1) is 5.60 Å². The SMILES string of the molecule is CC(C)(C)OC(=O)N1C2CCC1CC(O)(CCCO[Si](C)(C)C(C)(C)C)C2.